The van der Waals surface area contributed by atoms with E-state index in [0.717, 1.165) is 35.6 Å². The summed E-state index contributed by atoms with van der Waals surface area (Å²) < 4.78 is 0. The summed E-state index contributed by atoms with van der Waals surface area (Å²) in [7, 11) is 0. The minimum atomic E-state index is 0. The fourth-order valence-electron chi connectivity index (χ4n) is 3.50. The van der Waals surface area contributed by atoms with Crippen molar-refractivity contribution >= 4 is 22.8 Å². The molecule has 0 saturated carbocycles. The van der Waals surface area contributed by atoms with E-state index in [9.17, 15) is 0 Å². The number of hydrogen-bond donors (Lipinski definition) is 0. The molecule has 0 N–H and O–H groups in total. The third kappa shape index (κ3) is 6.12. The first-order chi connectivity index (χ1) is 13.3. The largest absolute Gasteiger partial charge is 0.251 e. The Hall–Kier alpha value is -1.73. The maximum Gasteiger partial charge on any atom is 0.0702 e. The van der Waals surface area contributed by atoms with E-state index in [1.54, 1.807) is 0 Å². The summed E-state index contributed by atoms with van der Waals surface area (Å²) in [6.45, 7) is 17.5. The average molecular weight is 435 g/mol. The Bertz CT molecular complexity index is 828. The molecule has 0 aliphatic heterocycles. The van der Waals surface area contributed by atoms with Gasteiger partial charge in [0, 0.05) is 16.5 Å². The van der Waals surface area contributed by atoms with Crippen molar-refractivity contribution in [3.05, 3.63) is 58.7 Å². The van der Waals surface area contributed by atoms with E-state index < -0.39 is 0 Å². The maximum absolute atomic E-state index is 5.09. The molecular formula is C26H36N2Ni. The van der Waals surface area contributed by atoms with Crippen molar-refractivity contribution in [1.82, 2.24) is 0 Å². The molecule has 0 saturated heterocycles. The Morgan fingerprint density at radius 1 is 0.690 bits per heavy atom. The van der Waals surface area contributed by atoms with E-state index in [4.69, 9.17) is 9.98 Å². The van der Waals surface area contributed by atoms with Crippen LogP contribution in [0, 0.1) is 0 Å². The van der Waals surface area contributed by atoms with Crippen molar-refractivity contribution < 1.29 is 16.5 Å². The molecule has 0 fully saturated rings. The third-order valence-electron chi connectivity index (χ3n) is 5.39. The molecular weight excluding hydrogens is 399 g/mol. The van der Waals surface area contributed by atoms with Gasteiger partial charge in [-0.1, -0.05) is 77.9 Å². The molecule has 0 atom stereocenters. The molecule has 0 heterocycles. The number of rotatable bonds is 7. The fourth-order valence-corrected chi connectivity index (χ4v) is 3.50. The monoisotopic (exact) mass is 434 g/mol. The zero-order valence-electron chi connectivity index (χ0n) is 19.2. The average Bonchev–Trinajstić information content (AvgIpc) is 2.67. The van der Waals surface area contributed by atoms with Crippen LogP contribution in [0.5, 0.6) is 0 Å². The molecule has 0 unspecified atom stereocenters. The van der Waals surface area contributed by atoms with Gasteiger partial charge in [0.1, 0.15) is 0 Å². The number of para-hydroxylation sites is 2. The van der Waals surface area contributed by atoms with Gasteiger partial charge in [0.15, 0.2) is 0 Å². The summed E-state index contributed by atoms with van der Waals surface area (Å²) in [5, 5.41) is 0. The minimum absolute atomic E-state index is 0. The van der Waals surface area contributed by atoms with E-state index in [1.807, 2.05) is 0 Å². The smallest absolute Gasteiger partial charge is 0.0702 e. The van der Waals surface area contributed by atoms with Crippen molar-refractivity contribution in [3.63, 3.8) is 0 Å². The SMILES string of the molecule is CCc1cccc(CC)c1N=C(C)C(C)=Nc1c(C(C)C)cccc1C(C)C.[Ni]. The molecule has 2 aromatic rings. The van der Waals surface area contributed by atoms with Gasteiger partial charge in [-0.3, -0.25) is 9.98 Å². The normalized spacial score (nSPS) is 12.5. The summed E-state index contributed by atoms with van der Waals surface area (Å²) in [6.07, 6.45) is 1.98. The van der Waals surface area contributed by atoms with Gasteiger partial charge in [0.2, 0.25) is 0 Å². The van der Waals surface area contributed by atoms with Crippen molar-refractivity contribution in [2.45, 2.75) is 80.1 Å². The van der Waals surface area contributed by atoms with Gasteiger partial charge < -0.3 is 0 Å². The number of nitrogens with zero attached hydrogens (tertiary/aromatic N) is 2. The van der Waals surface area contributed by atoms with E-state index >= 15 is 0 Å². The molecule has 0 aliphatic rings. The summed E-state index contributed by atoms with van der Waals surface area (Å²) in [5.41, 5.74) is 9.45. The van der Waals surface area contributed by atoms with Crippen LogP contribution < -0.4 is 0 Å². The van der Waals surface area contributed by atoms with Crippen LogP contribution in [0.25, 0.3) is 0 Å². The quantitative estimate of drug-likeness (QED) is 0.312. The molecule has 2 aromatic carbocycles. The molecule has 29 heavy (non-hydrogen) atoms. The van der Waals surface area contributed by atoms with Crippen LogP contribution in [0.15, 0.2) is 46.4 Å². The molecule has 2 nitrogen and oxygen atoms in total. The van der Waals surface area contributed by atoms with Gasteiger partial charge in [0.05, 0.1) is 22.8 Å². The Balaban J connectivity index is 0.00000420. The summed E-state index contributed by atoms with van der Waals surface area (Å²) in [5.74, 6) is 0.880. The molecule has 0 radical (unpaired) electrons. The zero-order valence-corrected chi connectivity index (χ0v) is 20.2. The Morgan fingerprint density at radius 2 is 1.07 bits per heavy atom. The first-order valence-electron chi connectivity index (χ1n) is 10.6. The Kier molecular flexibility index (Phi) is 10.00. The topological polar surface area (TPSA) is 24.7 Å². The molecule has 0 spiro atoms. The van der Waals surface area contributed by atoms with Crippen molar-refractivity contribution in [1.29, 1.82) is 0 Å². The Morgan fingerprint density at radius 3 is 1.45 bits per heavy atom. The number of aliphatic imine (C=N–C) groups is 2. The van der Waals surface area contributed by atoms with Gasteiger partial charge in [-0.15, -0.1) is 0 Å². The standard InChI is InChI=1S/C26H36N2.Ni/c1-9-21-13-11-14-22(10-2)25(21)27-19(7)20(8)28-26-23(17(3)4)15-12-16-24(26)18(5)6;/h11-18H,9-10H2,1-8H3;. The van der Waals surface area contributed by atoms with Crippen LogP contribution >= 0.6 is 0 Å². The minimum Gasteiger partial charge on any atom is -0.251 e. The summed E-state index contributed by atoms with van der Waals surface area (Å²) >= 11 is 0. The van der Waals surface area contributed by atoms with E-state index in [1.165, 1.54) is 22.3 Å². The number of hydrogen-bond acceptors (Lipinski definition) is 2. The molecule has 0 bridgehead atoms. The second kappa shape index (κ2) is 11.5. The first kappa shape index (κ1) is 25.3. The predicted molar refractivity (Wildman–Crippen MR) is 125 cm³/mol. The number of benzene rings is 2. The van der Waals surface area contributed by atoms with Gasteiger partial charge in [-0.25, -0.2) is 0 Å². The molecule has 3 heteroatoms. The molecule has 160 valence electrons. The van der Waals surface area contributed by atoms with Gasteiger partial charge >= 0.3 is 0 Å². The van der Waals surface area contributed by atoms with Gasteiger partial charge in [0.25, 0.3) is 0 Å². The second-order valence-electron chi connectivity index (χ2n) is 8.12. The van der Waals surface area contributed by atoms with Crippen molar-refractivity contribution in [2.24, 2.45) is 9.98 Å². The maximum atomic E-state index is 5.09. The van der Waals surface area contributed by atoms with Gasteiger partial charge in [-0.2, -0.15) is 0 Å². The van der Waals surface area contributed by atoms with Crippen molar-refractivity contribution in [3.8, 4) is 0 Å². The number of aryl methyl sites for hydroxylation is 2. The first-order valence-corrected chi connectivity index (χ1v) is 10.6. The van der Waals surface area contributed by atoms with Crippen molar-refractivity contribution in [2.75, 3.05) is 0 Å². The third-order valence-corrected chi connectivity index (χ3v) is 5.39. The van der Waals surface area contributed by atoms with Crippen LogP contribution in [0.1, 0.15) is 89.5 Å². The van der Waals surface area contributed by atoms with E-state index in [-0.39, 0.29) is 16.5 Å². The summed E-state index contributed by atoms with van der Waals surface area (Å²) in [4.78, 5) is 10.1. The molecule has 0 aromatic heterocycles. The van der Waals surface area contributed by atoms with Crippen LogP contribution in [0.4, 0.5) is 11.4 Å². The van der Waals surface area contributed by atoms with E-state index in [2.05, 4.69) is 91.8 Å². The molecule has 2 rings (SSSR count). The van der Waals surface area contributed by atoms with Crippen LogP contribution in [0.3, 0.4) is 0 Å². The zero-order chi connectivity index (χ0) is 20.8. The predicted octanol–water partition coefficient (Wildman–Crippen LogP) is 7.94. The van der Waals surface area contributed by atoms with Crippen LogP contribution in [0.2, 0.25) is 0 Å². The Labute approximate surface area is 187 Å². The van der Waals surface area contributed by atoms with Crippen LogP contribution in [-0.2, 0) is 29.3 Å². The van der Waals surface area contributed by atoms with Crippen LogP contribution in [-0.4, -0.2) is 11.4 Å². The van der Waals surface area contributed by atoms with E-state index in [0.29, 0.717) is 11.8 Å². The molecule has 0 amide bonds. The fraction of sp³-hybridized carbons (Fsp3) is 0.462. The second-order valence-corrected chi connectivity index (χ2v) is 8.12. The summed E-state index contributed by atoms with van der Waals surface area (Å²) in [6, 6.07) is 13.1. The van der Waals surface area contributed by atoms with Gasteiger partial charge in [-0.05, 0) is 60.8 Å². The molecule has 0 aliphatic carbocycles.